The minimum atomic E-state index is -1.67. The molecule has 0 aromatic heterocycles. The fraction of sp³-hybridized carbons (Fsp3) is 0.929. The molecule has 0 amide bonds. The normalized spacial score (nSPS) is 43.1. The van der Waals surface area contributed by atoms with Crippen LogP contribution in [0.4, 0.5) is 0 Å². The summed E-state index contributed by atoms with van der Waals surface area (Å²) in [5.74, 6) is 2.15. The van der Waals surface area contributed by atoms with E-state index in [1.54, 1.807) is 5.57 Å². The first-order valence-electron chi connectivity index (χ1n) is 14.1. The summed E-state index contributed by atoms with van der Waals surface area (Å²) in [5.41, 5.74) is 2.22. The smallest absolute Gasteiger partial charge is 0.184 e. The molecule has 0 spiro atoms. The van der Waals surface area contributed by atoms with Crippen molar-refractivity contribution in [3.63, 3.8) is 0 Å². The van der Waals surface area contributed by atoms with Gasteiger partial charge in [0.25, 0.3) is 0 Å². The summed E-state index contributed by atoms with van der Waals surface area (Å²) in [6.07, 6.45) is 12.5. The van der Waals surface area contributed by atoms with E-state index in [0.29, 0.717) is 24.2 Å². The Morgan fingerprint density at radius 3 is 2.00 bits per heavy atom. The molecular formula is C28H54O3Si3. The van der Waals surface area contributed by atoms with E-state index in [1.807, 2.05) is 0 Å². The van der Waals surface area contributed by atoms with Crippen molar-refractivity contribution in [1.29, 1.82) is 0 Å². The highest BCUT2D eigenvalue weighted by Crippen LogP contribution is 2.66. The lowest BCUT2D eigenvalue weighted by Crippen LogP contribution is -2.59. The molecule has 0 bridgehead atoms. The van der Waals surface area contributed by atoms with Gasteiger partial charge in [-0.05, 0) is 132 Å². The Labute approximate surface area is 214 Å². The lowest BCUT2D eigenvalue weighted by molar-refractivity contribution is -0.127. The van der Waals surface area contributed by atoms with E-state index < -0.39 is 25.0 Å². The zero-order valence-corrected chi connectivity index (χ0v) is 27.2. The molecule has 6 heteroatoms. The van der Waals surface area contributed by atoms with Crippen LogP contribution in [0, 0.1) is 28.6 Å². The largest absolute Gasteiger partial charge is 0.414 e. The van der Waals surface area contributed by atoms with Crippen molar-refractivity contribution in [3.8, 4) is 0 Å². The summed E-state index contributed by atoms with van der Waals surface area (Å²) < 4.78 is 20.7. The average Bonchev–Trinajstić information content (AvgIpc) is 2.93. The molecule has 0 aromatic carbocycles. The molecule has 8 atom stereocenters. The maximum absolute atomic E-state index is 7.16. The van der Waals surface area contributed by atoms with E-state index in [4.69, 9.17) is 13.3 Å². The molecule has 0 N–H and O–H groups in total. The quantitative estimate of drug-likeness (QED) is 0.260. The highest BCUT2D eigenvalue weighted by molar-refractivity contribution is 6.70. The second-order valence-corrected chi connectivity index (χ2v) is 28.9. The van der Waals surface area contributed by atoms with Crippen LogP contribution >= 0.6 is 0 Å². The number of allylic oxidation sites excluding steroid dienone is 1. The Bertz CT molecular complexity index is 792. The van der Waals surface area contributed by atoms with Crippen LogP contribution in [-0.4, -0.2) is 43.3 Å². The van der Waals surface area contributed by atoms with Crippen LogP contribution < -0.4 is 0 Å². The van der Waals surface area contributed by atoms with Crippen molar-refractivity contribution in [2.75, 3.05) is 0 Å². The third-order valence-electron chi connectivity index (χ3n) is 9.40. The monoisotopic (exact) mass is 522 g/mol. The molecule has 196 valence electrons. The summed E-state index contributed by atoms with van der Waals surface area (Å²) in [7, 11) is -4.77. The molecule has 0 saturated heterocycles. The van der Waals surface area contributed by atoms with E-state index >= 15 is 0 Å². The number of rotatable bonds is 6. The molecule has 0 aliphatic heterocycles. The number of hydrogen-bond acceptors (Lipinski definition) is 3. The zero-order chi connectivity index (χ0) is 25.3. The SMILES string of the molecule is CC12CCC(O[Si](C)(C)C)CC1=CCC1C2C(O[Si](C)(C)C)CC2(C)C(O[Si](C)(C)C)CCC12. The average molecular weight is 523 g/mol. The zero-order valence-electron chi connectivity index (χ0n) is 24.2. The van der Waals surface area contributed by atoms with Gasteiger partial charge in [0.2, 0.25) is 0 Å². The van der Waals surface area contributed by atoms with Crippen LogP contribution in [0.1, 0.15) is 58.8 Å². The van der Waals surface area contributed by atoms with Gasteiger partial charge in [0.1, 0.15) is 0 Å². The van der Waals surface area contributed by atoms with Gasteiger partial charge in [-0.25, -0.2) is 0 Å². The minimum Gasteiger partial charge on any atom is -0.414 e. The lowest BCUT2D eigenvalue weighted by Gasteiger charge is -2.61. The van der Waals surface area contributed by atoms with Crippen LogP contribution in [-0.2, 0) is 13.3 Å². The van der Waals surface area contributed by atoms with E-state index in [9.17, 15) is 0 Å². The van der Waals surface area contributed by atoms with Gasteiger partial charge in [-0.2, -0.15) is 0 Å². The Morgan fingerprint density at radius 1 is 0.794 bits per heavy atom. The first-order chi connectivity index (χ1) is 15.4. The fourth-order valence-corrected chi connectivity index (χ4v) is 12.0. The molecule has 0 heterocycles. The van der Waals surface area contributed by atoms with Gasteiger partial charge in [0, 0.05) is 12.2 Å². The summed E-state index contributed by atoms with van der Waals surface area (Å²) >= 11 is 0. The predicted octanol–water partition coefficient (Wildman–Crippen LogP) is 8.22. The van der Waals surface area contributed by atoms with Gasteiger partial charge < -0.3 is 13.3 Å². The summed E-state index contributed by atoms with van der Waals surface area (Å²) in [6, 6.07) is 0. The van der Waals surface area contributed by atoms with Crippen LogP contribution in [0.2, 0.25) is 58.9 Å². The van der Waals surface area contributed by atoms with E-state index in [2.05, 4.69) is 78.8 Å². The number of hydrogen-bond donors (Lipinski definition) is 0. The molecule has 0 aromatic rings. The van der Waals surface area contributed by atoms with E-state index in [0.717, 1.165) is 18.3 Å². The van der Waals surface area contributed by atoms with Gasteiger partial charge in [-0.1, -0.05) is 25.5 Å². The maximum atomic E-state index is 7.16. The summed E-state index contributed by atoms with van der Waals surface area (Å²) in [6.45, 7) is 26.5. The van der Waals surface area contributed by atoms with Crippen molar-refractivity contribution >= 4 is 25.0 Å². The molecule has 8 unspecified atom stereocenters. The molecule has 3 fully saturated rings. The highest BCUT2D eigenvalue weighted by Gasteiger charge is 2.63. The highest BCUT2D eigenvalue weighted by atomic mass is 28.4. The molecule has 3 nitrogen and oxygen atoms in total. The van der Waals surface area contributed by atoms with Gasteiger partial charge in [-0.3, -0.25) is 0 Å². The predicted molar refractivity (Wildman–Crippen MR) is 152 cm³/mol. The first kappa shape index (κ1) is 27.3. The third kappa shape index (κ3) is 5.42. The molecular weight excluding hydrogens is 469 g/mol. The van der Waals surface area contributed by atoms with Gasteiger partial charge in [-0.15, -0.1) is 0 Å². The summed E-state index contributed by atoms with van der Waals surface area (Å²) in [5, 5.41) is 0. The lowest BCUT2D eigenvalue weighted by atomic mass is 9.47. The molecule has 4 aliphatic rings. The van der Waals surface area contributed by atoms with Crippen molar-refractivity contribution in [2.24, 2.45) is 28.6 Å². The Balaban J connectivity index is 1.67. The molecule has 4 rings (SSSR count). The molecule has 3 saturated carbocycles. The second kappa shape index (κ2) is 8.94. The molecule has 34 heavy (non-hydrogen) atoms. The Kier molecular flexibility index (Phi) is 7.18. The summed E-state index contributed by atoms with van der Waals surface area (Å²) in [4.78, 5) is 0. The third-order valence-corrected chi connectivity index (χ3v) is 12.4. The van der Waals surface area contributed by atoms with E-state index in [-0.39, 0.29) is 10.8 Å². The van der Waals surface area contributed by atoms with Crippen LogP contribution in [0.5, 0.6) is 0 Å². The second-order valence-electron chi connectivity index (χ2n) is 15.5. The molecule has 0 radical (unpaired) electrons. The van der Waals surface area contributed by atoms with Gasteiger partial charge in [0.15, 0.2) is 25.0 Å². The van der Waals surface area contributed by atoms with Crippen LogP contribution in [0.15, 0.2) is 11.6 Å². The minimum absolute atomic E-state index is 0.256. The number of fused-ring (bicyclic) bond motifs is 5. The van der Waals surface area contributed by atoms with Gasteiger partial charge in [0.05, 0.1) is 6.10 Å². The van der Waals surface area contributed by atoms with Crippen molar-refractivity contribution in [1.82, 2.24) is 0 Å². The van der Waals surface area contributed by atoms with Crippen LogP contribution in [0.3, 0.4) is 0 Å². The maximum Gasteiger partial charge on any atom is 0.184 e. The molecule has 4 aliphatic carbocycles. The standard InChI is InChI=1S/C28H54O3Si3/c1-27-17-16-21(29-32(3,4)5)18-20(27)12-13-22-23-14-15-25(31-34(9,10)11)28(23,2)19-24(26(22)27)30-33(6,7)8/h12,21-26H,13-19H2,1-11H3. The van der Waals surface area contributed by atoms with Gasteiger partial charge >= 0.3 is 0 Å². The van der Waals surface area contributed by atoms with Crippen molar-refractivity contribution in [3.05, 3.63) is 11.6 Å². The van der Waals surface area contributed by atoms with Crippen molar-refractivity contribution < 1.29 is 13.3 Å². The Morgan fingerprint density at radius 2 is 1.41 bits per heavy atom. The Hall–Kier alpha value is 0.271. The first-order valence-corrected chi connectivity index (χ1v) is 24.4. The van der Waals surface area contributed by atoms with E-state index in [1.165, 1.54) is 38.5 Å². The van der Waals surface area contributed by atoms with Crippen LogP contribution in [0.25, 0.3) is 0 Å². The topological polar surface area (TPSA) is 27.7 Å². The fourth-order valence-electron chi connectivity index (χ4n) is 8.46. The van der Waals surface area contributed by atoms with Crippen molar-refractivity contribution in [2.45, 2.75) is 136 Å².